The monoisotopic (exact) mass is 351 g/mol. The van der Waals surface area contributed by atoms with Gasteiger partial charge in [-0.15, -0.1) is 0 Å². The minimum absolute atomic E-state index is 0.0863. The molecule has 3 heterocycles. The van der Waals surface area contributed by atoms with E-state index in [4.69, 9.17) is 14.5 Å². The molecule has 0 saturated heterocycles. The standard InChI is InChI=1S/C19H21N5O2/c1-23(12-14-10-13-6-4-5-7-16(13)26-14)19-20-11-17(25-3)18(22-19)15-8-9-21-24(15)2/h4-9,11,14H,10,12H2,1-3H3. The van der Waals surface area contributed by atoms with Crippen molar-refractivity contribution in [3.05, 3.63) is 48.3 Å². The van der Waals surface area contributed by atoms with Gasteiger partial charge in [0.15, 0.2) is 5.75 Å². The van der Waals surface area contributed by atoms with Gasteiger partial charge in [-0.1, -0.05) is 18.2 Å². The zero-order valence-electron chi connectivity index (χ0n) is 15.1. The summed E-state index contributed by atoms with van der Waals surface area (Å²) >= 11 is 0. The summed E-state index contributed by atoms with van der Waals surface area (Å²) in [5.41, 5.74) is 2.85. The molecule has 1 aromatic carbocycles. The smallest absolute Gasteiger partial charge is 0.226 e. The van der Waals surface area contributed by atoms with E-state index in [1.165, 1.54) is 5.56 Å². The molecule has 26 heavy (non-hydrogen) atoms. The second-order valence-electron chi connectivity index (χ2n) is 6.36. The number of methoxy groups -OCH3 is 1. The van der Waals surface area contributed by atoms with Gasteiger partial charge in [0, 0.05) is 26.7 Å². The molecule has 0 fully saturated rings. The molecular weight excluding hydrogens is 330 g/mol. The lowest BCUT2D eigenvalue weighted by molar-refractivity contribution is 0.238. The average molecular weight is 351 g/mol. The number of ether oxygens (including phenoxy) is 2. The SMILES string of the molecule is COc1cnc(N(C)CC2Cc3ccccc3O2)nc1-c1ccnn1C. The lowest BCUT2D eigenvalue weighted by Gasteiger charge is -2.22. The fourth-order valence-electron chi connectivity index (χ4n) is 3.23. The number of hydrogen-bond donors (Lipinski definition) is 0. The van der Waals surface area contributed by atoms with Crippen molar-refractivity contribution < 1.29 is 9.47 Å². The molecule has 0 amide bonds. The maximum Gasteiger partial charge on any atom is 0.226 e. The normalized spacial score (nSPS) is 15.4. The Labute approximate surface area is 152 Å². The molecule has 2 aromatic heterocycles. The molecule has 1 atom stereocenters. The molecule has 0 aliphatic carbocycles. The number of aromatic nitrogens is 4. The van der Waals surface area contributed by atoms with Gasteiger partial charge in [0.05, 0.1) is 25.5 Å². The molecule has 1 unspecified atom stereocenters. The summed E-state index contributed by atoms with van der Waals surface area (Å²) in [6, 6.07) is 10.1. The topological polar surface area (TPSA) is 65.3 Å². The van der Waals surface area contributed by atoms with E-state index in [1.54, 1.807) is 24.2 Å². The molecule has 0 spiro atoms. The summed E-state index contributed by atoms with van der Waals surface area (Å²) in [6.07, 6.45) is 4.42. The predicted octanol–water partition coefficient (Wildman–Crippen LogP) is 2.33. The summed E-state index contributed by atoms with van der Waals surface area (Å²) in [5, 5.41) is 4.22. The van der Waals surface area contributed by atoms with Gasteiger partial charge in [-0.2, -0.15) is 5.10 Å². The van der Waals surface area contributed by atoms with Crippen LogP contribution >= 0.6 is 0 Å². The lowest BCUT2D eigenvalue weighted by atomic mass is 10.1. The molecule has 134 valence electrons. The van der Waals surface area contributed by atoms with Crippen molar-refractivity contribution in [2.24, 2.45) is 7.05 Å². The molecule has 0 bridgehead atoms. The first kappa shape index (κ1) is 16.4. The minimum atomic E-state index is 0.0863. The number of anilines is 1. The van der Waals surface area contributed by atoms with E-state index in [0.29, 0.717) is 18.2 Å². The first-order valence-corrected chi connectivity index (χ1v) is 8.51. The van der Waals surface area contributed by atoms with Crippen LogP contribution in [0, 0.1) is 0 Å². The van der Waals surface area contributed by atoms with Crippen LogP contribution in [0.5, 0.6) is 11.5 Å². The number of fused-ring (bicyclic) bond motifs is 1. The number of aryl methyl sites for hydroxylation is 1. The largest absolute Gasteiger partial charge is 0.493 e. The van der Waals surface area contributed by atoms with Gasteiger partial charge in [0.25, 0.3) is 0 Å². The first-order chi connectivity index (χ1) is 12.7. The maximum atomic E-state index is 6.03. The van der Waals surface area contributed by atoms with Crippen LogP contribution in [-0.4, -0.2) is 46.6 Å². The van der Waals surface area contributed by atoms with Gasteiger partial charge in [-0.05, 0) is 17.7 Å². The number of para-hydroxylation sites is 1. The summed E-state index contributed by atoms with van der Waals surface area (Å²) in [7, 11) is 5.47. The Bertz CT molecular complexity index is 899. The number of likely N-dealkylation sites (N-methyl/N-ethyl adjacent to an activating group) is 1. The summed E-state index contributed by atoms with van der Waals surface area (Å²) in [5.74, 6) is 2.22. The molecule has 0 radical (unpaired) electrons. The van der Waals surface area contributed by atoms with Gasteiger partial charge in [-0.3, -0.25) is 4.68 Å². The third-order valence-electron chi connectivity index (χ3n) is 4.56. The van der Waals surface area contributed by atoms with Crippen molar-refractivity contribution in [2.75, 3.05) is 25.6 Å². The maximum absolute atomic E-state index is 6.03. The van der Waals surface area contributed by atoms with E-state index < -0.39 is 0 Å². The Hall–Kier alpha value is -3.09. The second-order valence-corrected chi connectivity index (χ2v) is 6.36. The van der Waals surface area contributed by atoms with Crippen LogP contribution in [0.2, 0.25) is 0 Å². The first-order valence-electron chi connectivity index (χ1n) is 8.51. The molecule has 0 N–H and O–H groups in total. The number of benzene rings is 1. The third-order valence-corrected chi connectivity index (χ3v) is 4.56. The Morgan fingerprint density at radius 1 is 1.31 bits per heavy atom. The van der Waals surface area contributed by atoms with E-state index >= 15 is 0 Å². The van der Waals surface area contributed by atoms with Crippen LogP contribution in [0.25, 0.3) is 11.4 Å². The average Bonchev–Trinajstić information content (AvgIpc) is 3.26. The molecule has 7 heteroatoms. The lowest BCUT2D eigenvalue weighted by Crippen LogP contribution is -2.33. The van der Waals surface area contributed by atoms with Crippen LogP contribution in [0.15, 0.2) is 42.7 Å². The highest BCUT2D eigenvalue weighted by atomic mass is 16.5. The molecule has 1 aliphatic heterocycles. The van der Waals surface area contributed by atoms with Crippen molar-refractivity contribution in [1.82, 2.24) is 19.7 Å². The van der Waals surface area contributed by atoms with E-state index in [9.17, 15) is 0 Å². The van der Waals surface area contributed by atoms with Crippen molar-refractivity contribution in [3.8, 4) is 22.9 Å². The number of hydrogen-bond acceptors (Lipinski definition) is 6. The molecule has 4 rings (SSSR count). The van der Waals surface area contributed by atoms with Crippen LogP contribution in [-0.2, 0) is 13.5 Å². The van der Waals surface area contributed by atoms with Crippen LogP contribution < -0.4 is 14.4 Å². The Morgan fingerprint density at radius 2 is 2.15 bits per heavy atom. The summed E-state index contributed by atoms with van der Waals surface area (Å²) in [6.45, 7) is 0.700. The summed E-state index contributed by atoms with van der Waals surface area (Å²) < 4.78 is 13.2. The van der Waals surface area contributed by atoms with Crippen molar-refractivity contribution in [1.29, 1.82) is 0 Å². The number of nitrogens with zero attached hydrogens (tertiary/aromatic N) is 5. The van der Waals surface area contributed by atoms with Crippen molar-refractivity contribution in [2.45, 2.75) is 12.5 Å². The highest BCUT2D eigenvalue weighted by Gasteiger charge is 2.25. The highest BCUT2D eigenvalue weighted by molar-refractivity contribution is 5.63. The zero-order valence-corrected chi connectivity index (χ0v) is 15.1. The van der Waals surface area contributed by atoms with Crippen molar-refractivity contribution in [3.63, 3.8) is 0 Å². The van der Waals surface area contributed by atoms with Crippen LogP contribution in [0.3, 0.4) is 0 Å². The van der Waals surface area contributed by atoms with Gasteiger partial charge < -0.3 is 14.4 Å². The Morgan fingerprint density at radius 3 is 2.88 bits per heavy atom. The third kappa shape index (κ3) is 2.96. The van der Waals surface area contributed by atoms with E-state index in [2.05, 4.69) is 16.1 Å². The fourth-order valence-corrected chi connectivity index (χ4v) is 3.23. The molecular formula is C19H21N5O2. The van der Waals surface area contributed by atoms with Crippen molar-refractivity contribution >= 4 is 5.95 Å². The second kappa shape index (κ2) is 6.67. The fraction of sp³-hybridized carbons (Fsp3) is 0.316. The van der Waals surface area contributed by atoms with E-state index in [1.807, 2.05) is 43.3 Å². The predicted molar refractivity (Wildman–Crippen MR) is 98.6 cm³/mol. The van der Waals surface area contributed by atoms with Gasteiger partial charge in [-0.25, -0.2) is 9.97 Å². The quantitative estimate of drug-likeness (QED) is 0.703. The summed E-state index contributed by atoms with van der Waals surface area (Å²) in [4.78, 5) is 11.2. The molecule has 1 aliphatic rings. The highest BCUT2D eigenvalue weighted by Crippen LogP contribution is 2.30. The molecule has 7 nitrogen and oxygen atoms in total. The van der Waals surface area contributed by atoms with Gasteiger partial charge in [0.2, 0.25) is 5.95 Å². The minimum Gasteiger partial charge on any atom is -0.493 e. The van der Waals surface area contributed by atoms with E-state index in [-0.39, 0.29) is 6.10 Å². The molecule has 0 saturated carbocycles. The van der Waals surface area contributed by atoms with Gasteiger partial charge in [0.1, 0.15) is 17.5 Å². The van der Waals surface area contributed by atoms with Gasteiger partial charge >= 0.3 is 0 Å². The molecule has 3 aromatic rings. The van der Waals surface area contributed by atoms with Crippen LogP contribution in [0.1, 0.15) is 5.56 Å². The number of rotatable bonds is 5. The zero-order chi connectivity index (χ0) is 18.1. The van der Waals surface area contributed by atoms with E-state index in [0.717, 1.165) is 23.6 Å². The Balaban J connectivity index is 1.55. The van der Waals surface area contributed by atoms with Crippen LogP contribution in [0.4, 0.5) is 5.95 Å². The Kier molecular flexibility index (Phi) is 4.20.